The van der Waals surface area contributed by atoms with Crippen molar-refractivity contribution in [3.8, 4) is 11.3 Å². The Morgan fingerprint density at radius 1 is 1.26 bits per heavy atom. The molecule has 0 spiro atoms. The summed E-state index contributed by atoms with van der Waals surface area (Å²) in [7, 11) is 1.53. The van der Waals surface area contributed by atoms with E-state index in [9.17, 15) is 14.0 Å². The second-order valence-corrected chi connectivity index (χ2v) is 5.65. The molecule has 23 heavy (non-hydrogen) atoms. The zero-order valence-electron chi connectivity index (χ0n) is 12.7. The Morgan fingerprint density at radius 2 is 2.00 bits per heavy atom. The predicted octanol–water partition coefficient (Wildman–Crippen LogP) is 2.44. The SMILES string of the molecule is CN(CC(=O)NC1CC1)C(=O)c1ccc(-c2ccccc2F)o1. The minimum Gasteiger partial charge on any atom is -0.451 e. The van der Waals surface area contributed by atoms with E-state index in [0.717, 1.165) is 12.8 Å². The Morgan fingerprint density at radius 3 is 2.70 bits per heavy atom. The molecule has 6 heteroatoms. The van der Waals surface area contributed by atoms with Gasteiger partial charge in [0.1, 0.15) is 11.6 Å². The van der Waals surface area contributed by atoms with Gasteiger partial charge in [-0.25, -0.2) is 4.39 Å². The standard InChI is InChI=1S/C17H17FN2O3/c1-20(10-16(21)19-11-6-7-11)17(22)15-9-8-14(23-15)12-4-2-3-5-13(12)18/h2-5,8-9,11H,6-7,10H2,1H3,(H,19,21). The number of carbonyl (C=O) groups is 2. The monoisotopic (exact) mass is 316 g/mol. The van der Waals surface area contributed by atoms with E-state index < -0.39 is 11.7 Å². The fourth-order valence-electron chi connectivity index (χ4n) is 2.23. The van der Waals surface area contributed by atoms with Gasteiger partial charge in [0, 0.05) is 13.1 Å². The highest BCUT2D eigenvalue weighted by Crippen LogP contribution is 2.25. The first kappa shape index (κ1) is 15.3. The molecule has 1 fully saturated rings. The zero-order valence-corrected chi connectivity index (χ0v) is 12.7. The molecule has 1 N–H and O–H groups in total. The molecule has 1 aliphatic carbocycles. The first-order valence-corrected chi connectivity index (χ1v) is 7.44. The highest BCUT2D eigenvalue weighted by molar-refractivity contribution is 5.94. The molecule has 1 aromatic heterocycles. The van der Waals surface area contributed by atoms with E-state index in [-0.39, 0.29) is 30.0 Å². The summed E-state index contributed by atoms with van der Waals surface area (Å²) >= 11 is 0. The van der Waals surface area contributed by atoms with Crippen LogP contribution in [0.15, 0.2) is 40.8 Å². The summed E-state index contributed by atoms with van der Waals surface area (Å²) in [6.07, 6.45) is 1.99. The minimum atomic E-state index is -0.419. The fourth-order valence-corrected chi connectivity index (χ4v) is 2.23. The molecule has 120 valence electrons. The van der Waals surface area contributed by atoms with Gasteiger partial charge in [-0.3, -0.25) is 9.59 Å². The van der Waals surface area contributed by atoms with E-state index in [1.807, 2.05) is 0 Å². The van der Waals surface area contributed by atoms with Gasteiger partial charge < -0.3 is 14.6 Å². The van der Waals surface area contributed by atoms with Crippen LogP contribution in [0.25, 0.3) is 11.3 Å². The summed E-state index contributed by atoms with van der Waals surface area (Å²) in [4.78, 5) is 25.3. The van der Waals surface area contributed by atoms with Gasteiger partial charge in [0.05, 0.1) is 12.1 Å². The number of hydrogen-bond acceptors (Lipinski definition) is 3. The number of rotatable bonds is 5. The third-order valence-electron chi connectivity index (χ3n) is 3.63. The normalized spacial score (nSPS) is 13.7. The summed E-state index contributed by atoms with van der Waals surface area (Å²) in [5.41, 5.74) is 0.292. The zero-order chi connectivity index (χ0) is 16.4. The summed E-state index contributed by atoms with van der Waals surface area (Å²) < 4.78 is 19.2. The number of furan rings is 1. The Bertz CT molecular complexity index is 737. The molecule has 0 unspecified atom stereocenters. The summed E-state index contributed by atoms with van der Waals surface area (Å²) in [5, 5.41) is 2.82. The van der Waals surface area contributed by atoms with Gasteiger partial charge in [0.15, 0.2) is 5.76 Å². The smallest absolute Gasteiger partial charge is 0.289 e. The largest absolute Gasteiger partial charge is 0.451 e. The molecule has 0 bridgehead atoms. The number of benzene rings is 1. The number of halogens is 1. The second-order valence-electron chi connectivity index (χ2n) is 5.65. The molecule has 1 saturated carbocycles. The molecule has 0 atom stereocenters. The van der Waals surface area contributed by atoms with Crippen LogP contribution >= 0.6 is 0 Å². The Hall–Kier alpha value is -2.63. The number of hydrogen-bond donors (Lipinski definition) is 1. The second kappa shape index (κ2) is 6.24. The molecule has 1 heterocycles. The summed E-state index contributed by atoms with van der Waals surface area (Å²) in [6.45, 7) is -0.0366. The number of nitrogens with zero attached hydrogens (tertiary/aromatic N) is 1. The topological polar surface area (TPSA) is 62.6 Å². The number of nitrogens with one attached hydrogen (secondary N) is 1. The van der Waals surface area contributed by atoms with E-state index in [1.54, 1.807) is 24.3 Å². The van der Waals surface area contributed by atoms with E-state index >= 15 is 0 Å². The van der Waals surface area contributed by atoms with E-state index in [2.05, 4.69) is 5.32 Å². The van der Waals surface area contributed by atoms with E-state index in [0.29, 0.717) is 5.56 Å². The minimum absolute atomic E-state index is 0.0366. The van der Waals surface area contributed by atoms with Crippen LogP contribution < -0.4 is 5.32 Å². The fraction of sp³-hybridized carbons (Fsp3) is 0.294. The van der Waals surface area contributed by atoms with Crippen LogP contribution in [0.3, 0.4) is 0 Å². The van der Waals surface area contributed by atoms with Gasteiger partial charge in [-0.15, -0.1) is 0 Å². The highest BCUT2D eigenvalue weighted by Gasteiger charge is 2.25. The van der Waals surface area contributed by atoms with Crippen LogP contribution in [0.2, 0.25) is 0 Å². The molecule has 1 aliphatic rings. The van der Waals surface area contributed by atoms with Crippen molar-refractivity contribution < 1.29 is 18.4 Å². The van der Waals surface area contributed by atoms with Crippen LogP contribution in [0.5, 0.6) is 0 Å². The molecular formula is C17H17FN2O3. The van der Waals surface area contributed by atoms with Crippen LogP contribution in [-0.2, 0) is 4.79 Å². The Kier molecular flexibility index (Phi) is 4.14. The van der Waals surface area contributed by atoms with Gasteiger partial charge >= 0.3 is 0 Å². The van der Waals surface area contributed by atoms with Gasteiger partial charge in [-0.1, -0.05) is 12.1 Å². The average molecular weight is 316 g/mol. The van der Waals surface area contributed by atoms with Crippen molar-refractivity contribution in [1.29, 1.82) is 0 Å². The van der Waals surface area contributed by atoms with Crippen LogP contribution in [-0.4, -0.2) is 36.3 Å². The van der Waals surface area contributed by atoms with E-state index in [1.165, 1.54) is 24.1 Å². The van der Waals surface area contributed by atoms with Crippen molar-refractivity contribution in [2.75, 3.05) is 13.6 Å². The quantitative estimate of drug-likeness (QED) is 0.921. The molecular weight excluding hydrogens is 299 g/mol. The third-order valence-corrected chi connectivity index (χ3v) is 3.63. The molecule has 0 radical (unpaired) electrons. The lowest BCUT2D eigenvalue weighted by Crippen LogP contribution is -2.39. The first-order valence-electron chi connectivity index (χ1n) is 7.44. The predicted molar refractivity (Wildman–Crippen MR) is 82.2 cm³/mol. The molecule has 2 aromatic rings. The first-order chi connectivity index (χ1) is 11.0. The summed E-state index contributed by atoms with van der Waals surface area (Å²) in [5.74, 6) is -0.673. The van der Waals surface area contributed by atoms with Gasteiger partial charge in [0.2, 0.25) is 5.91 Å². The van der Waals surface area contributed by atoms with Crippen molar-refractivity contribution in [3.05, 3.63) is 48.0 Å². The molecule has 1 aromatic carbocycles. The van der Waals surface area contributed by atoms with Crippen molar-refractivity contribution in [2.24, 2.45) is 0 Å². The summed E-state index contributed by atoms with van der Waals surface area (Å²) in [6, 6.07) is 9.46. The molecule has 5 nitrogen and oxygen atoms in total. The van der Waals surface area contributed by atoms with Crippen LogP contribution in [0.4, 0.5) is 4.39 Å². The number of likely N-dealkylation sites (N-methyl/N-ethyl adjacent to an activating group) is 1. The number of carbonyl (C=O) groups excluding carboxylic acids is 2. The lowest BCUT2D eigenvalue weighted by Gasteiger charge is -2.15. The van der Waals surface area contributed by atoms with Gasteiger partial charge in [0.25, 0.3) is 5.91 Å². The van der Waals surface area contributed by atoms with Crippen molar-refractivity contribution >= 4 is 11.8 Å². The lowest BCUT2D eigenvalue weighted by molar-refractivity contribution is -0.121. The molecule has 0 aliphatic heterocycles. The maximum Gasteiger partial charge on any atom is 0.289 e. The van der Waals surface area contributed by atoms with Crippen LogP contribution in [0, 0.1) is 5.82 Å². The molecule has 2 amide bonds. The maximum absolute atomic E-state index is 13.7. The van der Waals surface area contributed by atoms with Crippen molar-refractivity contribution in [2.45, 2.75) is 18.9 Å². The average Bonchev–Trinajstić information content (AvgIpc) is 3.20. The van der Waals surface area contributed by atoms with Crippen molar-refractivity contribution in [3.63, 3.8) is 0 Å². The lowest BCUT2D eigenvalue weighted by atomic mass is 10.1. The third kappa shape index (κ3) is 3.59. The van der Waals surface area contributed by atoms with Crippen molar-refractivity contribution in [1.82, 2.24) is 10.2 Å². The van der Waals surface area contributed by atoms with E-state index in [4.69, 9.17) is 4.42 Å². The highest BCUT2D eigenvalue weighted by atomic mass is 19.1. The van der Waals surface area contributed by atoms with Gasteiger partial charge in [-0.05, 0) is 37.1 Å². The number of amides is 2. The van der Waals surface area contributed by atoms with Gasteiger partial charge in [-0.2, -0.15) is 0 Å². The Labute approximate surface area is 133 Å². The van der Waals surface area contributed by atoms with Crippen LogP contribution in [0.1, 0.15) is 23.4 Å². The molecule has 3 rings (SSSR count). The maximum atomic E-state index is 13.7. The Balaban J connectivity index is 1.68. The molecule has 0 saturated heterocycles.